The molecule has 1 fully saturated rings. The number of hydrogen-bond acceptors (Lipinski definition) is 3. The molecule has 1 aliphatic heterocycles. The highest BCUT2D eigenvalue weighted by molar-refractivity contribution is 5.85. The van der Waals surface area contributed by atoms with Crippen LogP contribution in [0.5, 0.6) is 11.5 Å². The molecule has 0 radical (unpaired) electrons. The lowest BCUT2D eigenvalue weighted by Gasteiger charge is -2.29. The molecule has 0 amide bonds. The smallest absolute Gasteiger partial charge is 0.496 e. The van der Waals surface area contributed by atoms with Crippen molar-refractivity contribution in [2.75, 3.05) is 13.7 Å². The number of benzene rings is 1. The van der Waals surface area contributed by atoms with Gasteiger partial charge in [0.1, 0.15) is 11.5 Å². The summed E-state index contributed by atoms with van der Waals surface area (Å²) in [7, 11) is 1.43. The molecule has 3 nitrogen and oxygen atoms in total. The van der Waals surface area contributed by atoms with Crippen LogP contribution in [0.2, 0.25) is 0 Å². The summed E-state index contributed by atoms with van der Waals surface area (Å²) in [6.45, 7) is 0.911. The highest BCUT2D eigenvalue weighted by atomic mass is 35.5. The molecule has 1 atom stereocenters. The Balaban J connectivity index is 0.00000162. The van der Waals surface area contributed by atoms with Crippen LogP contribution in [0, 0.1) is 0 Å². The van der Waals surface area contributed by atoms with Crippen molar-refractivity contribution in [1.82, 2.24) is 5.32 Å². The zero-order valence-electron chi connectivity index (χ0n) is 9.58. The molecule has 18 heavy (non-hydrogen) atoms. The number of hydrogen-bond donors (Lipinski definition) is 1. The second kappa shape index (κ2) is 5.67. The van der Waals surface area contributed by atoms with Crippen molar-refractivity contribution in [3.63, 3.8) is 0 Å². The number of alkyl halides is 3. The molecule has 0 saturated carbocycles. The molecule has 7 heteroatoms. The van der Waals surface area contributed by atoms with Gasteiger partial charge in [-0.1, -0.05) is 6.07 Å². The van der Waals surface area contributed by atoms with E-state index >= 15 is 0 Å². The van der Waals surface area contributed by atoms with Gasteiger partial charge < -0.3 is 14.8 Å². The Kier molecular flexibility index (Phi) is 4.70. The van der Waals surface area contributed by atoms with Gasteiger partial charge in [0.2, 0.25) is 0 Å². The Morgan fingerprint density at radius 2 is 2.00 bits per heavy atom. The number of rotatable bonds is 3. The maximum absolute atomic E-state index is 12.0. The summed E-state index contributed by atoms with van der Waals surface area (Å²) in [5, 5.41) is 3.16. The summed E-state index contributed by atoms with van der Waals surface area (Å²) < 4.78 is 45.0. The van der Waals surface area contributed by atoms with E-state index < -0.39 is 6.36 Å². The van der Waals surface area contributed by atoms with Crippen LogP contribution in [0.4, 0.5) is 13.2 Å². The molecule has 1 aromatic carbocycles. The average Bonchev–Trinajstić information content (AvgIpc) is 2.15. The molecule has 0 unspecified atom stereocenters. The molecule has 1 N–H and O–H groups in total. The third-order valence-corrected chi connectivity index (χ3v) is 2.64. The first-order chi connectivity index (χ1) is 7.99. The zero-order valence-corrected chi connectivity index (χ0v) is 10.4. The second-order valence-corrected chi connectivity index (χ2v) is 3.75. The molecule has 0 aliphatic carbocycles. The van der Waals surface area contributed by atoms with Crippen LogP contribution in [-0.2, 0) is 0 Å². The van der Waals surface area contributed by atoms with E-state index in [-0.39, 0.29) is 24.2 Å². The van der Waals surface area contributed by atoms with Crippen LogP contribution in [-0.4, -0.2) is 20.0 Å². The summed E-state index contributed by atoms with van der Waals surface area (Å²) in [4.78, 5) is 0. The van der Waals surface area contributed by atoms with Gasteiger partial charge in [-0.05, 0) is 19.0 Å². The van der Waals surface area contributed by atoms with Gasteiger partial charge in [0.05, 0.1) is 7.11 Å². The van der Waals surface area contributed by atoms with Crippen molar-refractivity contribution in [3.8, 4) is 11.5 Å². The fourth-order valence-electron chi connectivity index (χ4n) is 1.73. The monoisotopic (exact) mass is 283 g/mol. The summed E-state index contributed by atoms with van der Waals surface area (Å²) in [5.41, 5.74) is 0.855. The van der Waals surface area contributed by atoms with E-state index in [0.717, 1.165) is 18.5 Å². The summed E-state index contributed by atoms with van der Waals surface area (Å²) in [6.07, 6.45) is -3.73. The van der Waals surface area contributed by atoms with Crippen LogP contribution < -0.4 is 14.8 Å². The van der Waals surface area contributed by atoms with Crippen molar-refractivity contribution in [1.29, 1.82) is 0 Å². The first-order valence-corrected chi connectivity index (χ1v) is 5.16. The minimum atomic E-state index is -4.68. The largest absolute Gasteiger partial charge is 0.573 e. The summed E-state index contributed by atoms with van der Waals surface area (Å²) >= 11 is 0. The standard InChI is InChI=1S/C11H12F3NO2.ClH/c1-16-10-6-7(17-11(12,13)14)2-3-8(10)9-4-5-15-9;/h2-3,6,9,15H,4-5H2,1H3;1H/t9-;/m0./s1. The fraction of sp³-hybridized carbons (Fsp3) is 0.455. The predicted molar refractivity (Wildman–Crippen MR) is 62.3 cm³/mol. The molecule has 0 bridgehead atoms. The Morgan fingerprint density at radius 1 is 1.33 bits per heavy atom. The van der Waals surface area contributed by atoms with E-state index in [2.05, 4.69) is 10.1 Å². The van der Waals surface area contributed by atoms with Gasteiger partial charge in [0, 0.05) is 17.7 Å². The first kappa shape index (κ1) is 14.9. The van der Waals surface area contributed by atoms with E-state index in [1.807, 2.05) is 0 Å². The van der Waals surface area contributed by atoms with Crippen LogP contribution in [0.1, 0.15) is 18.0 Å². The summed E-state index contributed by atoms with van der Waals surface area (Å²) in [5.74, 6) is 0.140. The van der Waals surface area contributed by atoms with E-state index in [4.69, 9.17) is 4.74 Å². The van der Waals surface area contributed by atoms with Gasteiger partial charge in [0.25, 0.3) is 0 Å². The van der Waals surface area contributed by atoms with Crippen LogP contribution in [0.25, 0.3) is 0 Å². The lowest BCUT2D eigenvalue weighted by atomic mass is 9.97. The minimum absolute atomic E-state index is 0. The van der Waals surface area contributed by atoms with Crippen molar-refractivity contribution >= 4 is 12.4 Å². The Hall–Kier alpha value is -1.14. The van der Waals surface area contributed by atoms with Gasteiger partial charge in [-0.25, -0.2) is 0 Å². The van der Waals surface area contributed by atoms with Crippen molar-refractivity contribution < 1.29 is 22.6 Å². The normalized spacial score (nSPS) is 18.6. The highest BCUT2D eigenvalue weighted by Gasteiger charge is 2.32. The third kappa shape index (κ3) is 3.43. The number of nitrogens with one attached hydrogen (secondary N) is 1. The maximum Gasteiger partial charge on any atom is 0.573 e. The second-order valence-electron chi connectivity index (χ2n) is 3.75. The van der Waals surface area contributed by atoms with Crippen molar-refractivity contribution in [3.05, 3.63) is 23.8 Å². The zero-order chi connectivity index (χ0) is 12.5. The minimum Gasteiger partial charge on any atom is -0.496 e. The first-order valence-electron chi connectivity index (χ1n) is 5.16. The lowest BCUT2D eigenvalue weighted by Crippen LogP contribution is -2.35. The summed E-state index contributed by atoms with van der Waals surface area (Å²) in [6, 6.07) is 4.30. The molecule has 0 aromatic heterocycles. The van der Waals surface area contributed by atoms with Crippen LogP contribution in [0.3, 0.4) is 0 Å². The molecule has 1 aliphatic rings. The highest BCUT2D eigenvalue weighted by Crippen LogP contribution is 2.35. The topological polar surface area (TPSA) is 30.5 Å². The predicted octanol–water partition coefficient (Wildman–Crippen LogP) is 3.05. The Morgan fingerprint density at radius 3 is 2.44 bits per heavy atom. The van der Waals surface area contributed by atoms with Crippen molar-refractivity contribution in [2.24, 2.45) is 0 Å². The molecular weight excluding hydrogens is 271 g/mol. The van der Waals surface area contributed by atoms with Crippen molar-refractivity contribution in [2.45, 2.75) is 18.8 Å². The SMILES string of the molecule is COc1cc(OC(F)(F)F)ccc1[C@@H]1CCN1.Cl. The number of methoxy groups -OCH3 is 1. The Labute approximate surface area is 109 Å². The average molecular weight is 284 g/mol. The molecule has 1 saturated heterocycles. The molecular formula is C11H13ClF3NO2. The van der Waals surface area contributed by atoms with Gasteiger partial charge in [-0.2, -0.15) is 0 Å². The lowest BCUT2D eigenvalue weighted by molar-refractivity contribution is -0.274. The molecule has 0 spiro atoms. The molecule has 102 valence electrons. The van der Waals surface area contributed by atoms with Gasteiger partial charge >= 0.3 is 6.36 Å². The fourth-order valence-corrected chi connectivity index (χ4v) is 1.73. The van der Waals surface area contributed by atoms with Gasteiger partial charge in [-0.3, -0.25) is 0 Å². The van der Waals surface area contributed by atoms with E-state index in [1.165, 1.54) is 19.2 Å². The quantitative estimate of drug-likeness (QED) is 0.925. The Bertz CT molecular complexity index is 408. The molecule has 1 heterocycles. The molecule has 1 aromatic rings. The van der Waals surface area contributed by atoms with Gasteiger partial charge in [0.15, 0.2) is 0 Å². The van der Waals surface area contributed by atoms with E-state index in [9.17, 15) is 13.2 Å². The maximum atomic E-state index is 12.0. The van der Waals surface area contributed by atoms with E-state index in [0.29, 0.717) is 5.75 Å². The third-order valence-electron chi connectivity index (χ3n) is 2.64. The van der Waals surface area contributed by atoms with E-state index in [1.54, 1.807) is 6.07 Å². The van der Waals surface area contributed by atoms with Gasteiger partial charge in [-0.15, -0.1) is 25.6 Å². The van der Waals surface area contributed by atoms with Crippen LogP contribution >= 0.6 is 12.4 Å². The number of ether oxygens (including phenoxy) is 2. The molecule has 2 rings (SSSR count). The number of halogens is 4. The van der Waals surface area contributed by atoms with Crippen LogP contribution in [0.15, 0.2) is 18.2 Å².